The summed E-state index contributed by atoms with van der Waals surface area (Å²) in [5.41, 5.74) is 8.36. The van der Waals surface area contributed by atoms with E-state index < -0.39 is 0 Å². The average Bonchev–Trinajstić information content (AvgIpc) is 2.12. The van der Waals surface area contributed by atoms with Gasteiger partial charge in [-0.15, -0.1) is 5.10 Å². The van der Waals surface area contributed by atoms with Gasteiger partial charge in [-0.2, -0.15) is 5.10 Å². The van der Waals surface area contributed by atoms with Crippen LogP contribution < -0.4 is 5.73 Å². The Hall–Kier alpha value is -1.16. The molecule has 0 amide bonds. The minimum atomic E-state index is 0.658. The molecule has 3 nitrogen and oxygen atoms in total. The fourth-order valence-electron chi connectivity index (χ4n) is 1.21. The summed E-state index contributed by atoms with van der Waals surface area (Å²) in [5.74, 6) is 0. The summed E-state index contributed by atoms with van der Waals surface area (Å²) in [7, 11) is 0. The first-order chi connectivity index (χ1) is 6.20. The van der Waals surface area contributed by atoms with Gasteiger partial charge in [-0.05, 0) is 28.4 Å². The summed E-state index contributed by atoms with van der Waals surface area (Å²) in [6.07, 6.45) is 1.56. The Balaban J connectivity index is 2.94. The fourth-order valence-corrected chi connectivity index (χ4v) is 1.64. The average molecular weight is 238 g/mol. The zero-order valence-electron chi connectivity index (χ0n) is 7.08. The Morgan fingerprint density at radius 1 is 1.38 bits per heavy atom. The summed E-state index contributed by atoms with van der Waals surface area (Å²) < 4.78 is 0.963. The quantitative estimate of drug-likeness (QED) is 0.765. The molecule has 2 N–H and O–H groups in total. The molecular weight excluding hydrogens is 230 g/mol. The lowest BCUT2D eigenvalue weighted by Crippen LogP contribution is -1.93. The number of fused-ring (bicyclic) bond motifs is 1. The molecule has 1 aromatic heterocycles. The van der Waals surface area contributed by atoms with Crippen molar-refractivity contribution in [3.8, 4) is 0 Å². The van der Waals surface area contributed by atoms with Crippen molar-refractivity contribution in [1.29, 1.82) is 0 Å². The van der Waals surface area contributed by atoms with Crippen molar-refractivity contribution in [2.45, 2.75) is 6.92 Å². The third-order valence-electron chi connectivity index (χ3n) is 1.97. The van der Waals surface area contributed by atoms with Gasteiger partial charge in [0, 0.05) is 9.86 Å². The van der Waals surface area contributed by atoms with Crippen molar-refractivity contribution >= 4 is 32.5 Å². The minimum absolute atomic E-state index is 0.658. The Morgan fingerprint density at radius 3 is 2.92 bits per heavy atom. The normalized spacial score (nSPS) is 10.6. The highest BCUT2D eigenvalue weighted by Crippen LogP contribution is 2.27. The summed E-state index contributed by atoms with van der Waals surface area (Å²) in [6, 6.07) is 3.96. The van der Waals surface area contributed by atoms with Gasteiger partial charge in [0.15, 0.2) is 0 Å². The highest BCUT2D eigenvalue weighted by atomic mass is 79.9. The van der Waals surface area contributed by atoms with E-state index in [2.05, 4.69) is 26.1 Å². The van der Waals surface area contributed by atoms with E-state index in [1.165, 1.54) is 0 Å². The smallest absolute Gasteiger partial charge is 0.109 e. The van der Waals surface area contributed by atoms with Gasteiger partial charge in [0.05, 0.1) is 11.9 Å². The molecule has 0 saturated heterocycles. The van der Waals surface area contributed by atoms with Gasteiger partial charge in [-0.1, -0.05) is 12.1 Å². The SMILES string of the molecule is Cc1ccc2c(N)cnnc2c1Br. The number of benzene rings is 1. The molecule has 0 spiro atoms. The van der Waals surface area contributed by atoms with E-state index in [1.807, 2.05) is 19.1 Å². The number of rotatable bonds is 0. The van der Waals surface area contributed by atoms with Crippen LogP contribution in [0.25, 0.3) is 10.9 Å². The van der Waals surface area contributed by atoms with Gasteiger partial charge in [-0.3, -0.25) is 0 Å². The summed E-state index contributed by atoms with van der Waals surface area (Å²) in [6.45, 7) is 2.01. The number of hydrogen-bond donors (Lipinski definition) is 1. The first kappa shape index (κ1) is 8.44. The van der Waals surface area contributed by atoms with Crippen LogP contribution in [0.3, 0.4) is 0 Å². The van der Waals surface area contributed by atoms with Crippen LogP contribution in [0.4, 0.5) is 5.69 Å². The molecule has 0 fully saturated rings. The second kappa shape index (κ2) is 2.96. The molecule has 1 heterocycles. The molecule has 0 aliphatic carbocycles. The van der Waals surface area contributed by atoms with Gasteiger partial charge >= 0.3 is 0 Å². The van der Waals surface area contributed by atoms with Crippen molar-refractivity contribution in [3.63, 3.8) is 0 Å². The van der Waals surface area contributed by atoms with Crippen LogP contribution in [-0.4, -0.2) is 10.2 Å². The third-order valence-corrected chi connectivity index (χ3v) is 2.98. The minimum Gasteiger partial charge on any atom is -0.397 e. The second-order valence-corrected chi connectivity index (χ2v) is 3.69. The number of nitrogen functional groups attached to an aromatic ring is 1. The maximum Gasteiger partial charge on any atom is 0.109 e. The number of aromatic nitrogens is 2. The molecule has 4 heteroatoms. The summed E-state index contributed by atoms with van der Waals surface area (Å²) in [4.78, 5) is 0. The molecule has 0 bridgehead atoms. The van der Waals surface area contributed by atoms with Crippen LogP contribution in [0.5, 0.6) is 0 Å². The molecule has 0 saturated carbocycles. The standard InChI is InChI=1S/C9H8BrN3/c1-5-2-3-6-7(11)4-12-13-9(6)8(5)10/h2-4H,1H3,(H2,11,13). The van der Waals surface area contributed by atoms with Crippen molar-refractivity contribution in [2.75, 3.05) is 5.73 Å². The van der Waals surface area contributed by atoms with Crippen LogP contribution in [-0.2, 0) is 0 Å². The number of nitrogens with zero attached hydrogens (tertiary/aromatic N) is 2. The molecule has 0 radical (unpaired) electrons. The number of halogens is 1. The predicted molar refractivity (Wildman–Crippen MR) is 56.4 cm³/mol. The topological polar surface area (TPSA) is 51.8 Å². The number of aryl methyl sites for hydroxylation is 1. The fraction of sp³-hybridized carbons (Fsp3) is 0.111. The van der Waals surface area contributed by atoms with E-state index in [0.717, 1.165) is 20.9 Å². The van der Waals surface area contributed by atoms with Gasteiger partial charge in [0.1, 0.15) is 5.52 Å². The van der Waals surface area contributed by atoms with Gasteiger partial charge in [-0.25, -0.2) is 0 Å². The first-order valence-corrected chi connectivity index (χ1v) is 4.65. The van der Waals surface area contributed by atoms with Crippen LogP contribution in [0.15, 0.2) is 22.8 Å². The van der Waals surface area contributed by atoms with Crippen LogP contribution in [0.1, 0.15) is 5.56 Å². The van der Waals surface area contributed by atoms with Crippen molar-refractivity contribution in [2.24, 2.45) is 0 Å². The molecule has 66 valence electrons. The second-order valence-electron chi connectivity index (χ2n) is 2.89. The van der Waals surface area contributed by atoms with Crippen LogP contribution in [0.2, 0.25) is 0 Å². The predicted octanol–water partition coefficient (Wildman–Crippen LogP) is 2.28. The zero-order chi connectivity index (χ0) is 9.42. The third kappa shape index (κ3) is 1.27. The Labute approximate surface area is 84.1 Å². The Bertz CT molecular complexity index is 468. The van der Waals surface area contributed by atoms with Crippen molar-refractivity contribution < 1.29 is 0 Å². The van der Waals surface area contributed by atoms with E-state index in [-0.39, 0.29) is 0 Å². The Morgan fingerprint density at radius 2 is 2.15 bits per heavy atom. The molecule has 0 unspecified atom stereocenters. The van der Waals surface area contributed by atoms with E-state index in [4.69, 9.17) is 5.73 Å². The number of nitrogens with two attached hydrogens (primary N) is 1. The lowest BCUT2D eigenvalue weighted by atomic mass is 10.1. The molecule has 0 aliphatic heterocycles. The van der Waals surface area contributed by atoms with Gasteiger partial charge in [0.2, 0.25) is 0 Å². The monoisotopic (exact) mass is 237 g/mol. The summed E-state index contributed by atoms with van der Waals surface area (Å²) in [5, 5.41) is 8.77. The van der Waals surface area contributed by atoms with E-state index >= 15 is 0 Å². The van der Waals surface area contributed by atoms with Crippen LogP contribution in [0, 0.1) is 6.92 Å². The van der Waals surface area contributed by atoms with E-state index in [9.17, 15) is 0 Å². The van der Waals surface area contributed by atoms with Crippen molar-refractivity contribution in [1.82, 2.24) is 10.2 Å². The van der Waals surface area contributed by atoms with Gasteiger partial charge < -0.3 is 5.73 Å². The lowest BCUT2D eigenvalue weighted by Gasteiger charge is -2.03. The highest BCUT2D eigenvalue weighted by molar-refractivity contribution is 9.10. The van der Waals surface area contributed by atoms with Crippen LogP contribution >= 0.6 is 15.9 Å². The Kier molecular flexibility index (Phi) is 1.92. The molecular formula is C9H8BrN3. The lowest BCUT2D eigenvalue weighted by molar-refractivity contribution is 1.07. The largest absolute Gasteiger partial charge is 0.397 e. The maximum absolute atomic E-state index is 5.75. The zero-order valence-corrected chi connectivity index (χ0v) is 8.67. The number of anilines is 1. The van der Waals surface area contributed by atoms with E-state index in [1.54, 1.807) is 6.20 Å². The number of hydrogen-bond acceptors (Lipinski definition) is 3. The first-order valence-electron chi connectivity index (χ1n) is 3.86. The maximum atomic E-state index is 5.75. The van der Waals surface area contributed by atoms with Gasteiger partial charge in [0.25, 0.3) is 0 Å². The van der Waals surface area contributed by atoms with Crippen molar-refractivity contribution in [3.05, 3.63) is 28.4 Å². The summed E-state index contributed by atoms with van der Waals surface area (Å²) >= 11 is 3.46. The molecule has 1 aromatic carbocycles. The molecule has 0 atom stereocenters. The molecule has 2 aromatic rings. The molecule has 0 aliphatic rings. The highest BCUT2D eigenvalue weighted by Gasteiger charge is 2.05. The molecule has 2 rings (SSSR count). The molecule has 13 heavy (non-hydrogen) atoms. The van der Waals surface area contributed by atoms with E-state index in [0.29, 0.717) is 5.69 Å².